The molecule has 0 bridgehead atoms. The third-order valence-corrected chi connectivity index (χ3v) is 10.6. The van der Waals surface area contributed by atoms with Crippen LogP contribution in [0.4, 0.5) is 0 Å². The van der Waals surface area contributed by atoms with E-state index in [2.05, 4.69) is 216 Å². The monoisotopic (exact) mass is 692 g/mol. The molecule has 4 heteroatoms. The number of nitrogens with zero attached hydrogens (tertiary/aromatic N) is 4. The van der Waals surface area contributed by atoms with E-state index in [4.69, 9.17) is 10.2 Å². The summed E-state index contributed by atoms with van der Waals surface area (Å²) < 4.78 is 4.43. The Balaban J connectivity index is 1.23. The second-order valence-electron chi connectivity index (χ2n) is 14.0. The molecule has 0 spiro atoms. The molecule has 0 atom stereocenters. The van der Waals surface area contributed by atoms with E-state index in [9.17, 15) is 0 Å². The summed E-state index contributed by atoms with van der Waals surface area (Å²) >= 11 is 0. The minimum absolute atomic E-state index is 0.630. The molecule has 0 saturated heterocycles. The molecule has 0 radical (unpaired) electrons. The van der Waals surface area contributed by atoms with Crippen molar-refractivity contribution in [3.05, 3.63) is 212 Å². The Hall–Kier alpha value is -7.04. The second kappa shape index (κ2) is 13.2. The molecule has 9 aromatic rings. The second-order valence-corrected chi connectivity index (χ2v) is 14.0. The first-order chi connectivity index (χ1) is 26.7. The molecule has 0 N–H and O–H groups in total. The Morgan fingerprint density at radius 1 is 0.389 bits per heavy atom. The molecule has 2 heterocycles. The molecule has 0 saturated carbocycles. The molecule has 0 amide bonds. The van der Waals surface area contributed by atoms with Gasteiger partial charge in [0.25, 0.3) is 0 Å². The van der Waals surface area contributed by atoms with E-state index >= 15 is 0 Å². The number of aromatic nitrogens is 4. The van der Waals surface area contributed by atoms with E-state index in [-0.39, 0.29) is 0 Å². The highest BCUT2D eigenvalue weighted by Crippen LogP contribution is 2.42. The van der Waals surface area contributed by atoms with E-state index in [0.717, 1.165) is 45.0 Å². The van der Waals surface area contributed by atoms with Gasteiger partial charge in [-0.05, 0) is 74.1 Å². The van der Waals surface area contributed by atoms with E-state index in [0.29, 0.717) is 6.42 Å². The van der Waals surface area contributed by atoms with Gasteiger partial charge in [0.1, 0.15) is 0 Å². The van der Waals surface area contributed by atoms with Gasteiger partial charge < -0.3 is 0 Å². The number of rotatable bonds is 7. The van der Waals surface area contributed by atoms with Crippen molar-refractivity contribution in [1.82, 2.24) is 19.6 Å². The van der Waals surface area contributed by atoms with Crippen molar-refractivity contribution in [1.29, 1.82) is 0 Å². The quantitative estimate of drug-likeness (QED) is 0.167. The number of hydrogen-bond donors (Lipinski definition) is 0. The highest BCUT2D eigenvalue weighted by Gasteiger charge is 2.39. The lowest BCUT2D eigenvalue weighted by atomic mass is 9.92. The van der Waals surface area contributed by atoms with E-state index in [1.54, 1.807) is 0 Å². The van der Waals surface area contributed by atoms with Gasteiger partial charge in [0.05, 0.1) is 22.8 Å². The first kappa shape index (κ1) is 31.7. The van der Waals surface area contributed by atoms with Gasteiger partial charge in [-0.2, -0.15) is 10.2 Å². The smallest absolute Gasteiger partial charge is 0.177 e. The Bertz CT molecular complexity index is 2680. The number of hydrogen-bond acceptors (Lipinski definition) is 2. The summed E-state index contributed by atoms with van der Waals surface area (Å²) in [6.07, 6.45) is 7.53. The van der Waals surface area contributed by atoms with Crippen LogP contribution in [0.1, 0.15) is 12.0 Å². The largest absolute Gasteiger partial charge is 0.233 e. The van der Waals surface area contributed by atoms with Crippen LogP contribution in [0.5, 0.6) is 0 Å². The van der Waals surface area contributed by atoms with Crippen LogP contribution in [-0.2, 0) is 5.66 Å². The van der Waals surface area contributed by atoms with Crippen molar-refractivity contribution in [2.75, 3.05) is 0 Å². The van der Waals surface area contributed by atoms with Crippen LogP contribution in [-0.4, -0.2) is 19.6 Å². The fourth-order valence-corrected chi connectivity index (χ4v) is 7.83. The van der Waals surface area contributed by atoms with Gasteiger partial charge in [-0.15, -0.1) is 0 Å². The summed E-state index contributed by atoms with van der Waals surface area (Å²) in [5.74, 6) is 0. The van der Waals surface area contributed by atoms with Crippen molar-refractivity contribution < 1.29 is 0 Å². The number of fused-ring (bicyclic) bond motifs is 2. The number of benzene rings is 7. The van der Waals surface area contributed by atoms with Gasteiger partial charge >= 0.3 is 0 Å². The van der Waals surface area contributed by atoms with Crippen LogP contribution >= 0.6 is 0 Å². The molecular formula is C50H36N4. The molecule has 0 fully saturated rings. The summed E-state index contributed by atoms with van der Waals surface area (Å²) in [4.78, 5) is 0. The maximum Gasteiger partial charge on any atom is 0.177 e. The Labute approximate surface area is 314 Å². The van der Waals surface area contributed by atoms with Crippen molar-refractivity contribution in [3.8, 4) is 45.0 Å². The minimum atomic E-state index is -0.834. The average molecular weight is 693 g/mol. The Morgan fingerprint density at radius 2 is 0.815 bits per heavy atom. The summed E-state index contributed by atoms with van der Waals surface area (Å²) in [7, 11) is 0. The van der Waals surface area contributed by atoms with Gasteiger partial charge in [-0.3, -0.25) is 0 Å². The lowest BCUT2D eigenvalue weighted by molar-refractivity contribution is 0.258. The fourth-order valence-electron chi connectivity index (χ4n) is 7.83. The van der Waals surface area contributed by atoms with E-state index in [1.165, 1.54) is 32.7 Å². The molecule has 2 aromatic heterocycles. The Morgan fingerprint density at radius 3 is 1.26 bits per heavy atom. The summed E-state index contributed by atoms with van der Waals surface area (Å²) in [5.41, 5.74) is 9.70. The molecule has 256 valence electrons. The highest BCUT2D eigenvalue weighted by molar-refractivity contribution is 5.88. The normalized spacial score (nSPS) is 13.7. The maximum absolute atomic E-state index is 5.57. The third-order valence-electron chi connectivity index (χ3n) is 10.6. The molecule has 7 aromatic carbocycles. The first-order valence-electron chi connectivity index (χ1n) is 18.5. The van der Waals surface area contributed by atoms with Gasteiger partial charge in [0.15, 0.2) is 5.66 Å². The lowest BCUT2D eigenvalue weighted by Crippen LogP contribution is -2.42. The topological polar surface area (TPSA) is 35.6 Å². The van der Waals surface area contributed by atoms with Crippen LogP contribution in [0, 0.1) is 0 Å². The molecule has 54 heavy (non-hydrogen) atoms. The Kier molecular flexibility index (Phi) is 7.73. The van der Waals surface area contributed by atoms with Crippen LogP contribution in [0.3, 0.4) is 0 Å². The summed E-state index contributed by atoms with van der Waals surface area (Å²) in [6, 6.07) is 66.5. The molecule has 10 rings (SSSR count). The van der Waals surface area contributed by atoms with Gasteiger partial charge in [0, 0.05) is 17.5 Å². The molecular weight excluding hydrogens is 657 g/mol. The molecule has 1 aliphatic carbocycles. The minimum Gasteiger partial charge on any atom is -0.233 e. The van der Waals surface area contributed by atoms with Crippen LogP contribution in [0.15, 0.2) is 206 Å². The zero-order valence-electron chi connectivity index (χ0n) is 29.6. The predicted molar refractivity (Wildman–Crippen MR) is 223 cm³/mol. The van der Waals surface area contributed by atoms with Crippen molar-refractivity contribution in [2.24, 2.45) is 0 Å². The van der Waals surface area contributed by atoms with Crippen LogP contribution in [0.25, 0.3) is 72.1 Å². The molecule has 0 unspecified atom stereocenters. The van der Waals surface area contributed by atoms with Crippen molar-refractivity contribution in [3.63, 3.8) is 0 Å². The number of allylic oxidation sites excluding steroid dienone is 4. The molecule has 0 aliphatic heterocycles. The summed E-state index contributed by atoms with van der Waals surface area (Å²) in [6.45, 7) is 0. The standard InChI is InChI=1S/C50H36N4/c1-4-14-36(15-5-1)39-28-30-50(31-29-39,53-48(40-18-6-2-7-19-40)34-46(51-53)44-26-24-37-16-10-12-22-42(37)32-44)54-49(41-20-8-3-9-21-41)35-47(52-54)45-27-25-38-17-11-13-23-43(38)33-45/h1-30,32-35H,31H2. The zero-order valence-corrected chi connectivity index (χ0v) is 29.6. The van der Waals surface area contributed by atoms with Gasteiger partial charge in [0.2, 0.25) is 0 Å². The molecule has 4 nitrogen and oxygen atoms in total. The van der Waals surface area contributed by atoms with E-state index in [1.807, 2.05) is 0 Å². The SMILES string of the molecule is C1=CC(n2nc(-c3ccc4ccccc4c3)cc2-c2ccccc2)(n2nc(-c3ccc4ccccc4c3)cc2-c2ccccc2)CC=C1c1ccccc1. The van der Waals surface area contributed by atoms with Crippen LogP contribution < -0.4 is 0 Å². The molecule has 1 aliphatic rings. The first-order valence-corrected chi connectivity index (χ1v) is 18.5. The third kappa shape index (κ3) is 5.56. The van der Waals surface area contributed by atoms with Crippen molar-refractivity contribution >= 4 is 27.1 Å². The average Bonchev–Trinajstić information content (AvgIpc) is 3.92. The maximum atomic E-state index is 5.57. The zero-order chi connectivity index (χ0) is 35.9. The highest BCUT2D eigenvalue weighted by atomic mass is 15.5. The predicted octanol–water partition coefficient (Wildman–Crippen LogP) is 12.3. The van der Waals surface area contributed by atoms with Gasteiger partial charge in [-0.25, -0.2) is 9.36 Å². The van der Waals surface area contributed by atoms with Crippen molar-refractivity contribution in [2.45, 2.75) is 12.1 Å². The van der Waals surface area contributed by atoms with Crippen LogP contribution in [0.2, 0.25) is 0 Å². The summed E-state index contributed by atoms with van der Waals surface area (Å²) in [5, 5.41) is 15.9. The van der Waals surface area contributed by atoms with E-state index < -0.39 is 5.66 Å². The fraction of sp³-hybridized carbons (Fsp3) is 0.0400. The van der Waals surface area contributed by atoms with Gasteiger partial charge in [-0.1, -0.05) is 176 Å². The lowest BCUT2D eigenvalue weighted by Gasteiger charge is -2.36.